The summed E-state index contributed by atoms with van der Waals surface area (Å²) in [5.74, 6) is -4.88. The van der Waals surface area contributed by atoms with E-state index in [4.69, 9.17) is 5.73 Å². The first-order valence-electron chi connectivity index (χ1n) is 5.19. The number of nitrogens with two attached hydrogens (primary N) is 1. The summed E-state index contributed by atoms with van der Waals surface area (Å²) in [5.41, 5.74) is 5.60. The van der Waals surface area contributed by atoms with Gasteiger partial charge in [0.2, 0.25) is 0 Å². The Kier molecular flexibility index (Phi) is 5.69. The van der Waals surface area contributed by atoms with E-state index in [2.05, 4.69) is 20.7 Å². The molecule has 108 valence electrons. The molecular formula is C11H11BrF5NO. The third-order valence-electron chi connectivity index (χ3n) is 2.29. The Morgan fingerprint density at radius 3 is 2.53 bits per heavy atom. The van der Waals surface area contributed by atoms with Crippen molar-refractivity contribution in [3.63, 3.8) is 0 Å². The molecular weight excluding hydrogens is 337 g/mol. The molecule has 0 aliphatic carbocycles. The maximum Gasteiger partial charge on any atom is 0.330 e. The van der Waals surface area contributed by atoms with Crippen molar-refractivity contribution in [1.82, 2.24) is 0 Å². The summed E-state index contributed by atoms with van der Waals surface area (Å²) < 4.78 is 67.0. The van der Waals surface area contributed by atoms with Crippen LogP contribution < -0.4 is 5.73 Å². The smallest absolute Gasteiger partial charge is 0.330 e. The first-order chi connectivity index (χ1) is 8.75. The minimum Gasteiger partial charge on any atom is -0.373 e. The van der Waals surface area contributed by atoms with Crippen molar-refractivity contribution in [2.45, 2.75) is 18.4 Å². The highest BCUT2D eigenvalue weighted by atomic mass is 79.9. The van der Waals surface area contributed by atoms with Crippen LogP contribution in [0, 0.1) is 5.82 Å². The van der Waals surface area contributed by atoms with Gasteiger partial charge in [-0.25, -0.2) is 13.2 Å². The Morgan fingerprint density at radius 2 is 1.95 bits per heavy atom. The molecule has 0 bridgehead atoms. The zero-order valence-electron chi connectivity index (χ0n) is 9.55. The second kappa shape index (κ2) is 6.62. The molecule has 0 fully saturated rings. The molecule has 8 heteroatoms. The summed E-state index contributed by atoms with van der Waals surface area (Å²) in [6.45, 7) is -1.95. The normalized spacial score (nSPS) is 13.9. The molecule has 0 heterocycles. The SMILES string of the molecule is NC(COCC(F)(F)C(F)F)c1cccc(Br)c1F. The van der Waals surface area contributed by atoms with Crippen molar-refractivity contribution in [3.05, 3.63) is 34.1 Å². The minimum atomic E-state index is -4.24. The van der Waals surface area contributed by atoms with E-state index in [1.165, 1.54) is 18.2 Å². The Hall–Kier alpha value is -0.730. The second-order valence-corrected chi connectivity index (χ2v) is 4.68. The van der Waals surface area contributed by atoms with Gasteiger partial charge < -0.3 is 10.5 Å². The van der Waals surface area contributed by atoms with Crippen LogP contribution in [0.4, 0.5) is 22.0 Å². The van der Waals surface area contributed by atoms with E-state index in [1.807, 2.05) is 0 Å². The van der Waals surface area contributed by atoms with Crippen LogP contribution in [0.15, 0.2) is 22.7 Å². The maximum absolute atomic E-state index is 13.6. The van der Waals surface area contributed by atoms with Gasteiger partial charge in [-0.3, -0.25) is 0 Å². The van der Waals surface area contributed by atoms with Crippen LogP contribution in [0.25, 0.3) is 0 Å². The minimum absolute atomic E-state index is 0.0507. The van der Waals surface area contributed by atoms with E-state index in [1.54, 1.807) is 0 Å². The number of benzene rings is 1. The summed E-state index contributed by atoms with van der Waals surface area (Å²) >= 11 is 2.94. The van der Waals surface area contributed by atoms with Crippen molar-refractivity contribution in [1.29, 1.82) is 0 Å². The first-order valence-corrected chi connectivity index (χ1v) is 5.98. The highest BCUT2D eigenvalue weighted by molar-refractivity contribution is 9.10. The van der Waals surface area contributed by atoms with Crippen LogP contribution in [-0.2, 0) is 4.74 Å². The predicted molar refractivity (Wildman–Crippen MR) is 62.8 cm³/mol. The lowest BCUT2D eigenvalue weighted by Crippen LogP contribution is -2.33. The number of halogens is 6. The average Bonchev–Trinajstić information content (AvgIpc) is 2.32. The highest BCUT2D eigenvalue weighted by Gasteiger charge is 2.41. The molecule has 0 spiro atoms. The third kappa shape index (κ3) is 4.39. The molecule has 1 rings (SSSR count). The van der Waals surface area contributed by atoms with Crippen molar-refractivity contribution < 1.29 is 26.7 Å². The Labute approximate surface area is 114 Å². The summed E-state index contributed by atoms with van der Waals surface area (Å²) in [5, 5.41) is 0. The zero-order valence-corrected chi connectivity index (χ0v) is 11.1. The lowest BCUT2D eigenvalue weighted by molar-refractivity contribution is -0.166. The molecule has 0 saturated heterocycles. The fourth-order valence-corrected chi connectivity index (χ4v) is 1.66. The standard InChI is InChI=1S/C11H11BrF5NO/c12-7-3-1-2-6(9(7)13)8(18)4-19-5-11(16,17)10(14)15/h1-3,8,10H,4-5,18H2. The molecule has 0 aliphatic rings. The van der Waals surface area contributed by atoms with E-state index in [9.17, 15) is 22.0 Å². The molecule has 1 unspecified atom stereocenters. The van der Waals surface area contributed by atoms with Crippen LogP contribution in [-0.4, -0.2) is 25.6 Å². The highest BCUT2D eigenvalue weighted by Crippen LogP contribution is 2.25. The Morgan fingerprint density at radius 1 is 1.32 bits per heavy atom. The summed E-state index contributed by atoms with van der Waals surface area (Å²) in [6, 6.07) is 3.29. The monoisotopic (exact) mass is 347 g/mol. The average molecular weight is 348 g/mol. The Balaban J connectivity index is 2.57. The summed E-state index contributed by atoms with van der Waals surface area (Å²) in [6.07, 6.45) is -3.81. The number of hydrogen-bond donors (Lipinski definition) is 1. The van der Waals surface area contributed by atoms with Crippen LogP contribution in [0.2, 0.25) is 0 Å². The molecule has 0 aromatic heterocycles. The van der Waals surface area contributed by atoms with Crippen LogP contribution >= 0.6 is 15.9 Å². The fraction of sp³-hybridized carbons (Fsp3) is 0.455. The first kappa shape index (κ1) is 16.3. The van der Waals surface area contributed by atoms with Gasteiger partial charge in [0.15, 0.2) is 0 Å². The van der Waals surface area contributed by atoms with Gasteiger partial charge in [-0.15, -0.1) is 0 Å². The van der Waals surface area contributed by atoms with Gasteiger partial charge in [0.25, 0.3) is 0 Å². The van der Waals surface area contributed by atoms with Gasteiger partial charge in [0, 0.05) is 5.56 Å². The van der Waals surface area contributed by atoms with Crippen molar-refractivity contribution in [3.8, 4) is 0 Å². The molecule has 1 aromatic rings. The third-order valence-corrected chi connectivity index (χ3v) is 2.90. The molecule has 0 radical (unpaired) electrons. The maximum atomic E-state index is 13.6. The molecule has 2 nitrogen and oxygen atoms in total. The second-order valence-electron chi connectivity index (χ2n) is 3.83. The van der Waals surface area contributed by atoms with Gasteiger partial charge >= 0.3 is 12.3 Å². The number of alkyl halides is 4. The molecule has 0 saturated carbocycles. The number of ether oxygens (including phenoxy) is 1. The molecule has 0 amide bonds. The topological polar surface area (TPSA) is 35.2 Å². The quantitative estimate of drug-likeness (QED) is 0.799. The lowest BCUT2D eigenvalue weighted by atomic mass is 10.1. The molecule has 1 aromatic carbocycles. The van der Waals surface area contributed by atoms with Crippen molar-refractivity contribution in [2.75, 3.05) is 13.2 Å². The predicted octanol–water partition coefficient (Wildman–Crippen LogP) is 3.51. The number of rotatable bonds is 6. The largest absolute Gasteiger partial charge is 0.373 e. The van der Waals surface area contributed by atoms with Gasteiger partial charge in [-0.2, -0.15) is 8.78 Å². The fourth-order valence-electron chi connectivity index (χ4n) is 1.28. The lowest BCUT2D eigenvalue weighted by Gasteiger charge is -2.18. The van der Waals surface area contributed by atoms with Gasteiger partial charge in [0.1, 0.15) is 12.4 Å². The molecule has 1 atom stereocenters. The molecule has 0 aliphatic heterocycles. The van der Waals surface area contributed by atoms with Crippen molar-refractivity contribution >= 4 is 15.9 Å². The number of hydrogen-bond acceptors (Lipinski definition) is 2. The Bertz CT molecular complexity index is 430. The van der Waals surface area contributed by atoms with Gasteiger partial charge in [-0.1, -0.05) is 12.1 Å². The van der Waals surface area contributed by atoms with E-state index >= 15 is 0 Å². The van der Waals surface area contributed by atoms with E-state index in [-0.39, 0.29) is 10.0 Å². The van der Waals surface area contributed by atoms with Crippen molar-refractivity contribution in [2.24, 2.45) is 5.73 Å². The van der Waals surface area contributed by atoms with Gasteiger partial charge in [0.05, 0.1) is 17.1 Å². The summed E-state index contributed by atoms with van der Waals surface area (Å²) in [4.78, 5) is 0. The van der Waals surface area contributed by atoms with E-state index < -0.39 is 37.4 Å². The van der Waals surface area contributed by atoms with E-state index in [0.717, 1.165) is 0 Å². The van der Waals surface area contributed by atoms with Crippen LogP contribution in [0.5, 0.6) is 0 Å². The van der Waals surface area contributed by atoms with Gasteiger partial charge in [-0.05, 0) is 22.0 Å². The molecule has 19 heavy (non-hydrogen) atoms. The zero-order chi connectivity index (χ0) is 14.6. The van der Waals surface area contributed by atoms with Crippen LogP contribution in [0.1, 0.15) is 11.6 Å². The van der Waals surface area contributed by atoms with E-state index in [0.29, 0.717) is 0 Å². The summed E-state index contributed by atoms with van der Waals surface area (Å²) in [7, 11) is 0. The molecule has 2 N–H and O–H groups in total. The van der Waals surface area contributed by atoms with Crippen LogP contribution in [0.3, 0.4) is 0 Å².